The molecule has 3 nitrogen and oxygen atoms in total. The van der Waals surface area contributed by atoms with E-state index in [2.05, 4.69) is 0 Å². The van der Waals surface area contributed by atoms with Crippen molar-refractivity contribution in [1.29, 1.82) is 0 Å². The first-order valence-corrected chi connectivity index (χ1v) is 4.23. The van der Waals surface area contributed by atoms with Gasteiger partial charge in [0.2, 0.25) is 0 Å². The van der Waals surface area contributed by atoms with E-state index in [0.29, 0.717) is 6.42 Å². The zero-order valence-electron chi connectivity index (χ0n) is 5.53. The molecule has 0 aliphatic heterocycles. The molecular weight excluding hydrogens is 140 g/mol. The van der Waals surface area contributed by atoms with Crippen LogP contribution in [0, 0.1) is 11.7 Å². The second kappa shape index (κ2) is 3.17. The zero-order chi connectivity index (χ0) is 7.49. The lowest BCUT2D eigenvalue weighted by Crippen LogP contribution is -1.99. The molecule has 4 heteroatoms. The summed E-state index contributed by atoms with van der Waals surface area (Å²) in [7, 11) is -3.84. The molecule has 0 aromatic heterocycles. The Balaban J connectivity index is 3.53. The van der Waals surface area contributed by atoms with Gasteiger partial charge in [-0.25, -0.2) is 0 Å². The second-order valence-corrected chi connectivity index (χ2v) is 3.67. The number of rotatable bonds is 3. The van der Waals surface area contributed by atoms with Crippen LogP contribution in [0.2, 0.25) is 0 Å². The lowest BCUT2D eigenvalue weighted by Gasteiger charge is -1.98. The Morgan fingerprint density at radius 3 is 2.11 bits per heavy atom. The SMILES string of the molecule is CC(C)C[CH]S(=O)(=O)O. The summed E-state index contributed by atoms with van der Waals surface area (Å²) in [6.07, 6.45) is 0.402. The van der Waals surface area contributed by atoms with Crippen molar-refractivity contribution in [2.45, 2.75) is 20.3 Å². The molecule has 0 unspecified atom stereocenters. The lowest BCUT2D eigenvalue weighted by molar-refractivity contribution is 0.484. The molecule has 0 aliphatic rings. The van der Waals surface area contributed by atoms with Gasteiger partial charge in [0.15, 0.2) is 0 Å². The molecule has 0 aromatic rings. The van der Waals surface area contributed by atoms with Gasteiger partial charge < -0.3 is 0 Å². The number of hydrogen-bond donors (Lipinski definition) is 1. The van der Waals surface area contributed by atoms with Gasteiger partial charge in [0, 0.05) is 0 Å². The topological polar surface area (TPSA) is 54.4 Å². The number of hydrogen-bond acceptors (Lipinski definition) is 2. The van der Waals surface area contributed by atoms with Crippen molar-refractivity contribution >= 4 is 10.1 Å². The highest BCUT2D eigenvalue weighted by atomic mass is 32.2. The predicted octanol–water partition coefficient (Wildman–Crippen LogP) is 1.08. The molecule has 0 saturated carbocycles. The van der Waals surface area contributed by atoms with Gasteiger partial charge in [0.25, 0.3) is 10.1 Å². The quantitative estimate of drug-likeness (QED) is 0.614. The van der Waals surface area contributed by atoms with Gasteiger partial charge in [0.1, 0.15) is 5.75 Å². The molecule has 9 heavy (non-hydrogen) atoms. The Morgan fingerprint density at radius 2 is 2.00 bits per heavy atom. The van der Waals surface area contributed by atoms with E-state index >= 15 is 0 Å². The van der Waals surface area contributed by atoms with Crippen LogP contribution < -0.4 is 0 Å². The first-order valence-electron chi connectivity index (χ1n) is 2.72. The Hall–Kier alpha value is -0.0900. The minimum Gasteiger partial charge on any atom is -0.285 e. The molecule has 0 fully saturated rings. The maximum Gasteiger partial charge on any atom is 0.269 e. The van der Waals surface area contributed by atoms with Crippen LogP contribution in [0.3, 0.4) is 0 Å². The fraction of sp³-hybridized carbons (Fsp3) is 0.800. The van der Waals surface area contributed by atoms with Gasteiger partial charge in [-0.1, -0.05) is 13.8 Å². The second-order valence-electron chi connectivity index (χ2n) is 2.31. The van der Waals surface area contributed by atoms with Crippen LogP contribution in [-0.2, 0) is 10.1 Å². The minimum absolute atomic E-state index is 0.270. The van der Waals surface area contributed by atoms with Gasteiger partial charge in [-0.2, -0.15) is 8.42 Å². The monoisotopic (exact) mass is 151 g/mol. The molecule has 0 bridgehead atoms. The standard InChI is InChI=1S/C5H11O3S/c1-5(2)3-4-9(6,7)8/h4-5H,3H2,1-2H3,(H,6,7,8). The van der Waals surface area contributed by atoms with E-state index in [9.17, 15) is 8.42 Å². The highest BCUT2D eigenvalue weighted by Crippen LogP contribution is 2.05. The molecule has 0 saturated heterocycles. The molecule has 0 aromatic carbocycles. The van der Waals surface area contributed by atoms with Gasteiger partial charge in [-0.15, -0.1) is 0 Å². The van der Waals surface area contributed by atoms with E-state index in [1.54, 1.807) is 0 Å². The third-order valence-corrected chi connectivity index (χ3v) is 1.39. The van der Waals surface area contributed by atoms with E-state index < -0.39 is 10.1 Å². The average molecular weight is 151 g/mol. The van der Waals surface area contributed by atoms with E-state index in [-0.39, 0.29) is 5.92 Å². The molecule has 0 rings (SSSR count). The molecule has 0 amide bonds. The van der Waals surface area contributed by atoms with E-state index in [0.717, 1.165) is 5.75 Å². The maximum atomic E-state index is 10.0. The van der Waals surface area contributed by atoms with Gasteiger partial charge in [0.05, 0.1) is 0 Å². The molecule has 0 heterocycles. The van der Waals surface area contributed by atoms with Crippen LogP contribution in [0.5, 0.6) is 0 Å². The normalized spacial score (nSPS) is 12.4. The van der Waals surface area contributed by atoms with Crippen molar-refractivity contribution in [3.05, 3.63) is 5.75 Å². The smallest absolute Gasteiger partial charge is 0.269 e. The van der Waals surface area contributed by atoms with Crippen molar-refractivity contribution < 1.29 is 13.0 Å². The van der Waals surface area contributed by atoms with Crippen molar-refractivity contribution in [1.82, 2.24) is 0 Å². The summed E-state index contributed by atoms with van der Waals surface area (Å²) in [6, 6.07) is 0. The summed E-state index contributed by atoms with van der Waals surface area (Å²) < 4.78 is 28.3. The summed E-state index contributed by atoms with van der Waals surface area (Å²) in [5, 5.41) is 0. The first kappa shape index (κ1) is 8.91. The van der Waals surface area contributed by atoms with Gasteiger partial charge in [-0.05, 0) is 12.3 Å². The van der Waals surface area contributed by atoms with Crippen molar-refractivity contribution in [2.24, 2.45) is 5.92 Å². The van der Waals surface area contributed by atoms with Crippen molar-refractivity contribution in [2.75, 3.05) is 0 Å². The van der Waals surface area contributed by atoms with Crippen LogP contribution in [-0.4, -0.2) is 13.0 Å². The Kier molecular flexibility index (Phi) is 3.14. The zero-order valence-corrected chi connectivity index (χ0v) is 6.35. The largest absolute Gasteiger partial charge is 0.285 e. The molecule has 0 aliphatic carbocycles. The van der Waals surface area contributed by atoms with E-state index in [1.165, 1.54) is 0 Å². The third kappa shape index (κ3) is 7.91. The maximum absolute atomic E-state index is 10.0. The molecule has 55 valence electrons. The fourth-order valence-electron chi connectivity index (χ4n) is 0.314. The minimum atomic E-state index is -3.84. The first-order chi connectivity index (χ1) is 3.92. The highest BCUT2D eigenvalue weighted by molar-refractivity contribution is 7.87. The summed E-state index contributed by atoms with van der Waals surface area (Å²) in [6.45, 7) is 3.75. The summed E-state index contributed by atoms with van der Waals surface area (Å²) in [5.41, 5.74) is 0. The Morgan fingerprint density at radius 1 is 1.56 bits per heavy atom. The van der Waals surface area contributed by atoms with Gasteiger partial charge in [-0.3, -0.25) is 4.55 Å². The van der Waals surface area contributed by atoms with E-state index in [1.807, 2.05) is 13.8 Å². The fourth-order valence-corrected chi connectivity index (χ4v) is 0.942. The molecule has 1 N–H and O–H groups in total. The predicted molar refractivity (Wildman–Crippen MR) is 35.3 cm³/mol. The average Bonchev–Trinajstić information content (AvgIpc) is 1.59. The van der Waals surface area contributed by atoms with Crippen molar-refractivity contribution in [3.8, 4) is 0 Å². The van der Waals surface area contributed by atoms with Crippen LogP contribution >= 0.6 is 0 Å². The van der Waals surface area contributed by atoms with Crippen LogP contribution in [0.25, 0.3) is 0 Å². The third-order valence-electron chi connectivity index (χ3n) is 0.778. The van der Waals surface area contributed by atoms with Crippen LogP contribution in [0.1, 0.15) is 20.3 Å². The summed E-state index contributed by atoms with van der Waals surface area (Å²) in [5.74, 6) is 1.18. The molecule has 0 spiro atoms. The van der Waals surface area contributed by atoms with E-state index in [4.69, 9.17) is 4.55 Å². The molecular formula is C5H11O3S. The Labute approximate surface area is 55.8 Å². The van der Waals surface area contributed by atoms with Crippen molar-refractivity contribution in [3.63, 3.8) is 0 Å². The van der Waals surface area contributed by atoms with Crippen LogP contribution in [0.15, 0.2) is 0 Å². The van der Waals surface area contributed by atoms with Gasteiger partial charge >= 0.3 is 0 Å². The summed E-state index contributed by atoms with van der Waals surface area (Å²) in [4.78, 5) is 0. The Bertz CT molecular complexity index is 157. The summed E-state index contributed by atoms with van der Waals surface area (Å²) >= 11 is 0. The lowest BCUT2D eigenvalue weighted by atomic mass is 10.2. The van der Waals surface area contributed by atoms with Crippen LogP contribution in [0.4, 0.5) is 0 Å². The molecule has 1 radical (unpaired) electrons. The molecule has 0 atom stereocenters. The highest BCUT2D eigenvalue weighted by Gasteiger charge is 2.05.